The summed E-state index contributed by atoms with van der Waals surface area (Å²) in [6.07, 6.45) is 4.16. The van der Waals surface area contributed by atoms with Crippen LogP contribution in [0.1, 0.15) is 6.42 Å². The summed E-state index contributed by atoms with van der Waals surface area (Å²) in [6, 6.07) is 3.42. The van der Waals surface area contributed by atoms with Gasteiger partial charge in [-0.2, -0.15) is 5.11 Å². The Labute approximate surface area is 103 Å². The zero-order chi connectivity index (χ0) is 12.5. The molecule has 1 aliphatic heterocycles. The third kappa shape index (κ3) is 1.60. The highest BCUT2D eigenvalue weighted by Crippen LogP contribution is 2.23. The smallest absolute Gasteiger partial charge is 0.296 e. The van der Waals surface area contributed by atoms with Crippen molar-refractivity contribution in [1.29, 1.82) is 0 Å². The molecule has 0 saturated heterocycles. The lowest BCUT2D eigenvalue weighted by Gasteiger charge is -1.98. The SMILES string of the molecule is Nc1c(/N=N/c2ccncc2)c(=O)n2n1CCC2. The lowest BCUT2D eigenvalue weighted by atomic mass is 10.4. The average Bonchev–Trinajstić information content (AvgIpc) is 2.95. The van der Waals surface area contributed by atoms with Gasteiger partial charge in [-0.05, 0) is 18.6 Å². The minimum atomic E-state index is -0.178. The van der Waals surface area contributed by atoms with E-state index in [1.807, 2.05) is 0 Å². The number of nitrogen functional groups attached to an aromatic ring is 1. The van der Waals surface area contributed by atoms with Gasteiger partial charge in [0.1, 0.15) is 0 Å². The van der Waals surface area contributed by atoms with Crippen molar-refractivity contribution in [2.75, 3.05) is 5.73 Å². The Bertz CT molecular complexity index is 654. The molecule has 0 bridgehead atoms. The van der Waals surface area contributed by atoms with Crippen LogP contribution in [0, 0.1) is 0 Å². The Kier molecular flexibility index (Phi) is 2.44. The molecular formula is C11H12N6O. The Morgan fingerprint density at radius 1 is 1.17 bits per heavy atom. The predicted octanol–water partition coefficient (Wildman–Crippen LogP) is 1.45. The van der Waals surface area contributed by atoms with Crippen LogP contribution in [0.3, 0.4) is 0 Å². The number of fused-ring (bicyclic) bond motifs is 1. The van der Waals surface area contributed by atoms with Crippen LogP contribution in [0.2, 0.25) is 0 Å². The number of pyridine rings is 1. The van der Waals surface area contributed by atoms with E-state index in [0.29, 0.717) is 18.1 Å². The molecule has 18 heavy (non-hydrogen) atoms. The van der Waals surface area contributed by atoms with Gasteiger partial charge < -0.3 is 5.73 Å². The summed E-state index contributed by atoms with van der Waals surface area (Å²) in [5.41, 5.74) is 6.57. The fourth-order valence-corrected chi connectivity index (χ4v) is 2.04. The van der Waals surface area contributed by atoms with Crippen molar-refractivity contribution in [1.82, 2.24) is 14.3 Å². The molecule has 0 aromatic carbocycles. The number of rotatable bonds is 2. The largest absolute Gasteiger partial charge is 0.382 e. The van der Waals surface area contributed by atoms with E-state index in [1.54, 1.807) is 33.9 Å². The lowest BCUT2D eigenvalue weighted by Crippen LogP contribution is -2.16. The Morgan fingerprint density at radius 2 is 1.89 bits per heavy atom. The number of anilines is 1. The van der Waals surface area contributed by atoms with Crippen molar-refractivity contribution < 1.29 is 0 Å². The van der Waals surface area contributed by atoms with E-state index in [1.165, 1.54) is 0 Å². The molecule has 92 valence electrons. The van der Waals surface area contributed by atoms with Gasteiger partial charge in [-0.3, -0.25) is 14.5 Å². The zero-order valence-corrected chi connectivity index (χ0v) is 9.65. The van der Waals surface area contributed by atoms with Gasteiger partial charge in [0.2, 0.25) is 0 Å². The summed E-state index contributed by atoms with van der Waals surface area (Å²) < 4.78 is 3.36. The van der Waals surface area contributed by atoms with E-state index in [0.717, 1.165) is 13.0 Å². The van der Waals surface area contributed by atoms with Gasteiger partial charge in [-0.15, -0.1) is 5.11 Å². The van der Waals surface area contributed by atoms with Crippen LogP contribution < -0.4 is 11.3 Å². The van der Waals surface area contributed by atoms with Crippen LogP contribution in [0.5, 0.6) is 0 Å². The molecule has 3 heterocycles. The van der Waals surface area contributed by atoms with Crippen LogP contribution in [0.15, 0.2) is 39.5 Å². The minimum absolute atomic E-state index is 0.178. The van der Waals surface area contributed by atoms with Gasteiger partial charge in [0.05, 0.1) is 5.69 Å². The van der Waals surface area contributed by atoms with E-state index in [2.05, 4.69) is 15.2 Å². The van der Waals surface area contributed by atoms with E-state index < -0.39 is 0 Å². The molecule has 0 unspecified atom stereocenters. The number of azo groups is 1. The molecule has 7 nitrogen and oxygen atoms in total. The monoisotopic (exact) mass is 244 g/mol. The summed E-state index contributed by atoms with van der Waals surface area (Å²) >= 11 is 0. The molecule has 0 radical (unpaired) electrons. The molecular weight excluding hydrogens is 232 g/mol. The van der Waals surface area contributed by atoms with Gasteiger partial charge >= 0.3 is 0 Å². The van der Waals surface area contributed by atoms with Crippen LogP contribution in [0.25, 0.3) is 0 Å². The van der Waals surface area contributed by atoms with Crippen molar-refractivity contribution in [3.63, 3.8) is 0 Å². The number of hydrogen-bond acceptors (Lipinski definition) is 5. The van der Waals surface area contributed by atoms with E-state index in [9.17, 15) is 4.79 Å². The van der Waals surface area contributed by atoms with Crippen molar-refractivity contribution in [3.8, 4) is 0 Å². The molecule has 7 heteroatoms. The number of hydrogen-bond donors (Lipinski definition) is 1. The molecule has 0 spiro atoms. The normalized spacial score (nSPS) is 14.2. The second-order valence-corrected chi connectivity index (χ2v) is 4.04. The maximum atomic E-state index is 12.0. The fraction of sp³-hybridized carbons (Fsp3) is 0.273. The summed E-state index contributed by atoms with van der Waals surface area (Å²) in [4.78, 5) is 15.9. The molecule has 1 aliphatic rings. The Balaban J connectivity index is 2.00. The second kappa shape index (κ2) is 4.10. The second-order valence-electron chi connectivity index (χ2n) is 4.04. The maximum absolute atomic E-state index is 12.0. The van der Waals surface area contributed by atoms with Crippen LogP contribution in [-0.2, 0) is 13.1 Å². The molecule has 2 aromatic rings. The molecule has 3 rings (SSSR count). The van der Waals surface area contributed by atoms with Crippen molar-refractivity contribution in [3.05, 3.63) is 34.9 Å². The maximum Gasteiger partial charge on any atom is 0.296 e. The molecule has 0 fully saturated rings. The zero-order valence-electron chi connectivity index (χ0n) is 9.65. The van der Waals surface area contributed by atoms with Gasteiger partial charge in [-0.25, -0.2) is 4.68 Å². The topological polar surface area (TPSA) is 90.6 Å². The fourth-order valence-electron chi connectivity index (χ4n) is 2.04. The molecule has 2 N–H and O–H groups in total. The third-order valence-corrected chi connectivity index (χ3v) is 2.92. The summed E-state index contributed by atoms with van der Waals surface area (Å²) in [5, 5.41) is 7.95. The average molecular weight is 244 g/mol. The minimum Gasteiger partial charge on any atom is -0.382 e. The Morgan fingerprint density at radius 3 is 2.61 bits per heavy atom. The first-order valence-electron chi connectivity index (χ1n) is 5.68. The first-order chi connectivity index (χ1) is 8.77. The lowest BCUT2D eigenvalue weighted by molar-refractivity contribution is 0.601. The molecule has 0 atom stereocenters. The summed E-state index contributed by atoms with van der Waals surface area (Å²) in [7, 11) is 0. The number of aromatic nitrogens is 3. The third-order valence-electron chi connectivity index (χ3n) is 2.92. The predicted molar refractivity (Wildman–Crippen MR) is 66.1 cm³/mol. The van der Waals surface area contributed by atoms with Crippen molar-refractivity contribution >= 4 is 17.2 Å². The molecule has 2 aromatic heterocycles. The van der Waals surface area contributed by atoms with E-state index in [-0.39, 0.29) is 11.2 Å². The van der Waals surface area contributed by atoms with Gasteiger partial charge in [0, 0.05) is 25.5 Å². The molecule has 0 aliphatic carbocycles. The van der Waals surface area contributed by atoms with E-state index >= 15 is 0 Å². The van der Waals surface area contributed by atoms with Crippen LogP contribution in [0.4, 0.5) is 17.2 Å². The molecule has 0 amide bonds. The van der Waals surface area contributed by atoms with Crippen LogP contribution in [-0.4, -0.2) is 14.3 Å². The highest BCUT2D eigenvalue weighted by molar-refractivity contribution is 5.57. The molecule has 0 saturated carbocycles. The van der Waals surface area contributed by atoms with Gasteiger partial charge in [-0.1, -0.05) is 0 Å². The first-order valence-corrected chi connectivity index (χ1v) is 5.68. The summed E-state index contributed by atoms with van der Waals surface area (Å²) in [6.45, 7) is 1.44. The van der Waals surface area contributed by atoms with Gasteiger partial charge in [0.25, 0.3) is 5.56 Å². The van der Waals surface area contributed by atoms with Crippen molar-refractivity contribution in [2.24, 2.45) is 10.2 Å². The van der Waals surface area contributed by atoms with Crippen molar-refractivity contribution in [2.45, 2.75) is 19.5 Å². The standard InChI is InChI=1S/C11H12N6O/c12-10-9(11(18)17-7-1-6-16(10)17)15-14-8-2-4-13-5-3-8/h2-5H,1,6-7,12H2/b15-14+. The quantitative estimate of drug-likeness (QED) is 0.810. The van der Waals surface area contributed by atoms with Gasteiger partial charge in [0.15, 0.2) is 11.5 Å². The highest BCUT2D eigenvalue weighted by Gasteiger charge is 2.21. The Hall–Kier alpha value is -2.44. The summed E-state index contributed by atoms with van der Waals surface area (Å²) in [5.74, 6) is 0.385. The number of nitrogens with two attached hydrogens (primary N) is 1. The van der Waals surface area contributed by atoms with E-state index in [4.69, 9.17) is 5.73 Å². The first kappa shape index (κ1) is 10.7. The number of nitrogens with zero attached hydrogens (tertiary/aromatic N) is 5. The van der Waals surface area contributed by atoms with Crippen LogP contribution >= 0.6 is 0 Å². The highest BCUT2D eigenvalue weighted by atomic mass is 16.1.